The minimum atomic E-state index is 0.600. The van der Waals surface area contributed by atoms with Crippen molar-refractivity contribution in [2.45, 2.75) is 0 Å². The van der Waals surface area contributed by atoms with Gasteiger partial charge in [0.05, 0.1) is 10.2 Å². The highest BCUT2D eigenvalue weighted by atomic mass is 32.1. The van der Waals surface area contributed by atoms with Gasteiger partial charge in [-0.05, 0) is 29.8 Å². The van der Waals surface area contributed by atoms with Gasteiger partial charge in [-0.3, -0.25) is 0 Å². The van der Waals surface area contributed by atoms with Crippen molar-refractivity contribution in [3.05, 3.63) is 146 Å². The number of benzene rings is 6. The third-order valence-electron chi connectivity index (χ3n) is 8.18. The molecule has 0 radical (unpaired) electrons. The van der Waals surface area contributed by atoms with Gasteiger partial charge in [0.2, 0.25) is 0 Å². The molecular formula is C40H24N4OS. The number of hydrogen-bond acceptors (Lipinski definition) is 6. The Morgan fingerprint density at radius 2 is 1.04 bits per heavy atom. The first-order valence-electron chi connectivity index (χ1n) is 15.1. The fourth-order valence-corrected chi connectivity index (χ4v) is 7.10. The standard InChI is InChI=1S/C40H24N4OS/c1-4-12-25(13-5-1)37-42-38(26-14-6-2-7-15-26)44-39(43-37)30-19-11-21-34-35(30)31-24-28(22-23-33(31)45-34)29-18-10-20-32-36(29)46-40(41-32)27-16-8-3-9-17-27/h1-24H. The molecule has 0 saturated carbocycles. The van der Waals surface area contributed by atoms with E-state index >= 15 is 0 Å². The van der Waals surface area contributed by atoms with Crippen LogP contribution in [0.2, 0.25) is 0 Å². The van der Waals surface area contributed by atoms with Crippen molar-refractivity contribution in [2.24, 2.45) is 0 Å². The van der Waals surface area contributed by atoms with E-state index in [0.29, 0.717) is 17.5 Å². The van der Waals surface area contributed by atoms with Gasteiger partial charge in [-0.15, -0.1) is 11.3 Å². The quantitative estimate of drug-likeness (QED) is 0.194. The summed E-state index contributed by atoms with van der Waals surface area (Å²) in [6.45, 7) is 0. The van der Waals surface area contributed by atoms with Crippen LogP contribution < -0.4 is 0 Å². The fourth-order valence-electron chi connectivity index (χ4n) is 5.99. The van der Waals surface area contributed by atoms with Crippen LogP contribution in [0.15, 0.2) is 150 Å². The third-order valence-corrected chi connectivity index (χ3v) is 9.34. The summed E-state index contributed by atoms with van der Waals surface area (Å²) in [6, 6.07) is 49.3. The molecule has 0 saturated heterocycles. The van der Waals surface area contributed by atoms with Crippen molar-refractivity contribution >= 4 is 43.5 Å². The molecule has 0 unspecified atom stereocenters. The smallest absolute Gasteiger partial charge is 0.164 e. The van der Waals surface area contributed by atoms with Crippen molar-refractivity contribution in [3.8, 4) is 55.9 Å². The highest BCUT2D eigenvalue weighted by Gasteiger charge is 2.19. The van der Waals surface area contributed by atoms with Gasteiger partial charge in [-0.1, -0.05) is 121 Å². The molecule has 3 aromatic heterocycles. The van der Waals surface area contributed by atoms with Gasteiger partial charge >= 0.3 is 0 Å². The third kappa shape index (κ3) is 4.55. The summed E-state index contributed by atoms with van der Waals surface area (Å²) in [5.74, 6) is 1.85. The predicted octanol–water partition coefficient (Wildman–Crippen LogP) is 10.7. The summed E-state index contributed by atoms with van der Waals surface area (Å²) in [5, 5.41) is 3.00. The Hall–Kier alpha value is -5.98. The van der Waals surface area contributed by atoms with E-state index in [1.807, 2.05) is 78.9 Å². The van der Waals surface area contributed by atoms with Crippen LogP contribution in [0, 0.1) is 0 Å². The normalized spacial score (nSPS) is 11.5. The molecular weight excluding hydrogens is 585 g/mol. The minimum absolute atomic E-state index is 0.600. The van der Waals surface area contributed by atoms with Gasteiger partial charge in [0, 0.05) is 38.6 Å². The summed E-state index contributed by atoms with van der Waals surface area (Å²) in [7, 11) is 0. The van der Waals surface area contributed by atoms with Crippen molar-refractivity contribution in [2.75, 3.05) is 0 Å². The van der Waals surface area contributed by atoms with E-state index in [0.717, 1.165) is 70.5 Å². The van der Waals surface area contributed by atoms with Crippen LogP contribution in [0.1, 0.15) is 0 Å². The lowest BCUT2D eigenvalue weighted by molar-refractivity contribution is 0.669. The zero-order valence-electron chi connectivity index (χ0n) is 24.5. The molecule has 0 N–H and O–H groups in total. The number of furan rings is 1. The molecule has 0 amide bonds. The first-order chi connectivity index (χ1) is 22.8. The summed E-state index contributed by atoms with van der Waals surface area (Å²) in [5.41, 5.74) is 8.72. The molecule has 6 aromatic carbocycles. The molecule has 9 rings (SSSR count). The number of thiazole rings is 1. The van der Waals surface area contributed by atoms with E-state index in [4.69, 9.17) is 24.4 Å². The first-order valence-corrected chi connectivity index (χ1v) is 15.9. The zero-order chi connectivity index (χ0) is 30.5. The number of fused-ring (bicyclic) bond motifs is 4. The zero-order valence-corrected chi connectivity index (χ0v) is 25.3. The van der Waals surface area contributed by atoms with Gasteiger partial charge in [0.1, 0.15) is 16.2 Å². The average molecular weight is 609 g/mol. The van der Waals surface area contributed by atoms with Crippen molar-refractivity contribution in [3.63, 3.8) is 0 Å². The highest BCUT2D eigenvalue weighted by molar-refractivity contribution is 7.22. The molecule has 0 bridgehead atoms. The Morgan fingerprint density at radius 1 is 0.435 bits per heavy atom. The molecule has 9 aromatic rings. The number of hydrogen-bond donors (Lipinski definition) is 0. The molecule has 216 valence electrons. The number of rotatable bonds is 5. The van der Waals surface area contributed by atoms with Crippen LogP contribution in [0.25, 0.3) is 88.0 Å². The van der Waals surface area contributed by atoms with Gasteiger partial charge in [-0.2, -0.15) is 0 Å². The van der Waals surface area contributed by atoms with E-state index in [1.54, 1.807) is 11.3 Å². The molecule has 3 heterocycles. The van der Waals surface area contributed by atoms with Crippen LogP contribution >= 0.6 is 11.3 Å². The second kappa shape index (κ2) is 10.9. The average Bonchev–Trinajstić information content (AvgIpc) is 3.74. The van der Waals surface area contributed by atoms with E-state index in [9.17, 15) is 0 Å². The van der Waals surface area contributed by atoms with E-state index in [1.165, 1.54) is 0 Å². The lowest BCUT2D eigenvalue weighted by Crippen LogP contribution is -2.00. The molecule has 0 aliphatic heterocycles. The maximum Gasteiger partial charge on any atom is 0.164 e. The molecule has 0 aliphatic carbocycles. The Labute approximate surface area is 268 Å². The van der Waals surface area contributed by atoms with Gasteiger partial charge in [0.25, 0.3) is 0 Å². The summed E-state index contributed by atoms with van der Waals surface area (Å²) < 4.78 is 7.56. The highest BCUT2D eigenvalue weighted by Crippen LogP contribution is 2.41. The number of nitrogens with zero attached hydrogens (tertiary/aromatic N) is 4. The fraction of sp³-hybridized carbons (Fsp3) is 0. The van der Waals surface area contributed by atoms with Crippen LogP contribution in [0.4, 0.5) is 0 Å². The second-order valence-electron chi connectivity index (χ2n) is 11.1. The molecule has 0 fully saturated rings. The van der Waals surface area contributed by atoms with E-state index in [-0.39, 0.29) is 0 Å². The first kappa shape index (κ1) is 26.4. The van der Waals surface area contributed by atoms with Crippen molar-refractivity contribution in [1.82, 2.24) is 19.9 Å². The van der Waals surface area contributed by atoms with Crippen LogP contribution in [-0.4, -0.2) is 19.9 Å². The Bertz CT molecular complexity index is 2470. The lowest BCUT2D eigenvalue weighted by atomic mass is 10.00. The molecule has 46 heavy (non-hydrogen) atoms. The van der Waals surface area contributed by atoms with Gasteiger partial charge < -0.3 is 4.42 Å². The summed E-state index contributed by atoms with van der Waals surface area (Å²) >= 11 is 1.72. The van der Waals surface area contributed by atoms with Crippen molar-refractivity contribution in [1.29, 1.82) is 0 Å². The topological polar surface area (TPSA) is 64.7 Å². The molecule has 6 heteroatoms. The second-order valence-corrected chi connectivity index (χ2v) is 12.1. The van der Waals surface area contributed by atoms with Gasteiger partial charge in [-0.25, -0.2) is 19.9 Å². The van der Waals surface area contributed by atoms with Crippen LogP contribution in [0.3, 0.4) is 0 Å². The van der Waals surface area contributed by atoms with E-state index in [2.05, 4.69) is 66.7 Å². The molecule has 0 atom stereocenters. The molecule has 0 spiro atoms. The lowest BCUT2D eigenvalue weighted by Gasteiger charge is -2.09. The maximum absolute atomic E-state index is 6.40. The van der Waals surface area contributed by atoms with Crippen LogP contribution in [-0.2, 0) is 0 Å². The largest absolute Gasteiger partial charge is 0.456 e. The van der Waals surface area contributed by atoms with E-state index < -0.39 is 0 Å². The molecule has 0 aliphatic rings. The Kier molecular flexibility index (Phi) is 6.25. The van der Waals surface area contributed by atoms with Gasteiger partial charge in [0.15, 0.2) is 17.5 Å². The monoisotopic (exact) mass is 608 g/mol. The summed E-state index contributed by atoms with van der Waals surface area (Å²) in [4.78, 5) is 19.9. The number of aromatic nitrogens is 4. The maximum atomic E-state index is 6.40. The Morgan fingerprint density at radius 3 is 1.74 bits per heavy atom. The predicted molar refractivity (Wildman–Crippen MR) is 187 cm³/mol. The molecule has 5 nitrogen and oxygen atoms in total. The minimum Gasteiger partial charge on any atom is -0.456 e. The Balaban J connectivity index is 1.24. The SMILES string of the molecule is c1ccc(-c2nc(-c3ccccc3)nc(-c3cccc4oc5ccc(-c6cccc7nc(-c8ccccc8)sc67)cc5c34)n2)cc1. The van der Waals surface area contributed by atoms with Crippen LogP contribution in [0.5, 0.6) is 0 Å². The van der Waals surface area contributed by atoms with Crippen molar-refractivity contribution < 1.29 is 4.42 Å². The summed E-state index contributed by atoms with van der Waals surface area (Å²) in [6.07, 6.45) is 0.